The van der Waals surface area contributed by atoms with E-state index in [0.717, 1.165) is 31.4 Å². The fourth-order valence-corrected chi connectivity index (χ4v) is 3.72. The summed E-state index contributed by atoms with van der Waals surface area (Å²) in [4.78, 5) is 13.3. The summed E-state index contributed by atoms with van der Waals surface area (Å²) in [5.74, 6) is 7.04. The first-order valence-electron chi connectivity index (χ1n) is 11.3. The third-order valence-corrected chi connectivity index (χ3v) is 5.66. The Kier molecular flexibility index (Phi) is 7.71. The van der Waals surface area contributed by atoms with E-state index in [1.165, 1.54) is 11.4 Å². The number of hydrazine groups is 1. The summed E-state index contributed by atoms with van der Waals surface area (Å²) in [6.07, 6.45) is 7.39. The summed E-state index contributed by atoms with van der Waals surface area (Å²) in [6.45, 7) is 6.57. The molecule has 0 radical (unpaired) electrons. The molecular weight excluding hydrogens is 416 g/mol. The molecule has 176 valence electrons. The van der Waals surface area contributed by atoms with Crippen LogP contribution in [0.3, 0.4) is 0 Å². The maximum atomic E-state index is 9.63. The van der Waals surface area contributed by atoms with Gasteiger partial charge in [-0.3, -0.25) is 0 Å². The Morgan fingerprint density at radius 2 is 1.94 bits per heavy atom. The number of nitrogens with two attached hydrogens (primary N) is 2. The van der Waals surface area contributed by atoms with Gasteiger partial charge in [-0.15, -0.1) is 0 Å². The average Bonchev–Trinajstić information content (AvgIpc) is 2.79. The largest absolute Gasteiger partial charge is 0.487 e. The molecule has 1 aliphatic rings. The van der Waals surface area contributed by atoms with Crippen molar-refractivity contribution in [3.63, 3.8) is 0 Å². The minimum Gasteiger partial charge on any atom is -0.487 e. The molecule has 0 aliphatic heterocycles. The van der Waals surface area contributed by atoms with Crippen LogP contribution in [0.4, 0.5) is 5.95 Å². The number of nitriles is 1. The molecule has 3 rings (SSSR count). The first-order valence-corrected chi connectivity index (χ1v) is 11.3. The summed E-state index contributed by atoms with van der Waals surface area (Å²) in [6, 6.07) is 7.55. The topological polar surface area (TPSA) is 139 Å². The highest BCUT2D eigenvalue weighted by atomic mass is 16.5. The molecule has 1 saturated carbocycles. The molecule has 33 heavy (non-hydrogen) atoms. The second kappa shape index (κ2) is 10.5. The second-order valence-electron chi connectivity index (χ2n) is 9.37. The van der Waals surface area contributed by atoms with Crippen LogP contribution in [-0.2, 0) is 5.41 Å². The maximum Gasteiger partial charge on any atom is 0.223 e. The Morgan fingerprint density at radius 1 is 1.21 bits per heavy atom. The van der Waals surface area contributed by atoms with Crippen LogP contribution >= 0.6 is 0 Å². The van der Waals surface area contributed by atoms with E-state index >= 15 is 0 Å². The van der Waals surface area contributed by atoms with Crippen molar-refractivity contribution in [3.8, 4) is 11.8 Å². The van der Waals surface area contributed by atoms with Crippen molar-refractivity contribution in [2.24, 2.45) is 11.6 Å². The lowest BCUT2D eigenvalue weighted by Gasteiger charge is -2.23. The zero-order chi connectivity index (χ0) is 24.0. The van der Waals surface area contributed by atoms with E-state index in [4.69, 9.17) is 16.3 Å². The van der Waals surface area contributed by atoms with Crippen LogP contribution in [0.1, 0.15) is 70.0 Å². The number of hydrogen-bond donors (Lipinski definition) is 3. The highest BCUT2D eigenvalue weighted by Crippen LogP contribution is 2.26. The Morgan fingerprint density at radius 3 is 2.58 bits per heavy atom. The van der Waals surface area contributed by atoms with Crippen LogP contribution in [0, 0.1) is 11.3 Å². The first-order chi connectivity index (χ1) is 15.7. The molecule has 2 aromatic rings. The number of pyridine rings is 1. The molecule has 0 unspecified atom stereocenters. The number of nitrogens with one attached hydrogen (secondary N) is 1. The Balaban J connectivity index is 1.81. The predicted octanol–water partition coefficient (Wildman–Crippen LogP) is 3.30. The quantitative estimate of drug-likeness (QED) is 0.428. The monoisotopic (exact) mass is 450 g/mol. The maximum absolute atomic E-state index is 9.63. The average molecular weight is 451 g/mol. The van der Waals surface area contributed by atoms with Gasteiger partial charge >= 0.3 is 0 Å². The number of rotatable bonds is 7. The van der Waals surface area contributed by atoms with Crippen LogP contribution in [0.25, 0.3) is 5.70 Å². The van der Waals surface area contributed by atoms with Gasteiger partial charge in [0.15, 0.2) is 11.4 Å². The van der Waals surface area contributed by atoms with Crippen molar-refractivity contribution in [3.05, 3.63) is 47.2 Å². The zero-order valence-corrected chi connectivity index (χ0v) is 19.9. The van der Waals surface area contributed by atoms with Crippen LogP contribution in [-0.4, -0.2) is 39.7 Å². The number of ether oxygens (including phenoxy) is 1. The third kappa shape index (κ3) is 6.33. The fourth-order valence-electron chi connectivity index (χ4n) is 3.72. The standard InChI is InChI=1S/C24H34N8O/c1-24(2,3)21-12-13-28-23(31-21)29-15-19(32(4)27)22(26)17-10-11-20(18(14-25)30-17)33-16-8-6-5-7-9-16/h10-13,16H,5-9,15,26-27H2,1-4H3,(H,28,29,31)/b22-19-. The van der Waals surface area contributed by atoms with Crippen molar-refractivity contribution in [2.45, 2.75) is 64.4 Å². The van der Waals surface area contributed by atoms with Crippen molar-refractivity contribution >= 4 is 11.6 Å². The van der Waals surface area contributed by atoms with Crippen molar-refractivity contribution in [1.29, 1.82) is 5.26 Å². The summed E-state index contributed by atoms with van der Waals surface area (Å²) in [7, 11) is 1.70. The van der Waals surface area contributed by atoms with Gasteiger partial charge in [-0.1, -0.05) is 27.2 Å². The van der Waals surface area contributed by atoms with Gasteiger partial charge in [0.25, 0.3) is 0 Å². The first kappa shape index (κ1) is 24.3. The van der Waals surface area contributed by atoms with E-state index < -0.39 is 0 Å². The highest BCUT2D eigenvalue weighted by Gasteiger charge is 2.19. The fraction of sp³-hybridized carbons (Fsp3) is 0.500. The van der Waals surface area contributed by atoms with Gasteiger partial charge in [0.1, 0.15) is 6.07 Å². The Labute approximate surface area is 195 Å². The molecule has 2 aromatic heterocycles. The van der Waals surface area contributed by atoms with E-state index in [2.05, 4.69) is 47.1 Å². The van der Waals surface area contributed by atoms with Gasteiger partial charge in [-0.25, -0.2) is 20.8 Å². The highest BCUT2D eigenvalue weighted by molar-refractivity contribution is 5.64. The smallest absolute Gasteiger partial charge is 0.223 e. The number of hydrogen-bond acceptors (Lipinski definition) is 9. The van der Waals surface area contributed by atoms with E-state index in [-0.39, 0.29) is 23.8 Å². The molecule has 0 amide bonds. The van der Waals surface area contributed by atoms with Crippen LogP contribution < -0.4 is 21.6 Å². The van der Waals surface area contributed by atoms with Gasteiger partial charge in [-0.05, 0) is 43.9 Å². The summed E-state index contributed by atoms with van der Waals surface area (Å²) < 4.78 is 6.06. The molecule has 0 aromatic carbocycles. The summed E-state index contributed by atoms with van der Waals surface area (Å²) in [5.41, 5.74) is 8.89. The molecule has 1 aliphatic carbocycles. The zero-order valence-electron chi connectivity index (χ0n) is 19.9. The van der Waals surface area contributed by atoms with Gasteiger partial charge in [0.05, 0.1) is 35.4 Å². The van der Waals surface area contributed by atoms with E-state index in [9.17, 15) is 5.26 Å². The molecular formula is C24H34N8O. The van der Waals surface area contributed by atoms with Crippen molar-refractivity contribution in [2.75, 3.05) is 18.9 Å². The van der Waals surface area contributed by atoms with E-state index in [1.807, 2.05) is 6.07 Å². The SMILES string of the molecule is CN(N)/C(CNc1nccc(C(C)(C)C)n1)=C(\N)c1ccc(OC2CCCCC2)c(C#N)n1. The lowest BCUT2D eigenvalue weighted by Crippen LogP contribution is -2.32. The van der Waals surface area contributed by atoms with Crippen LogP contribution in [0.5, 0.6) is 5.75 Å². The lowest BCUT2D eigenvalue weighted by atomic mass is 9.92. The Bertz CT molecular complexity index is 1030. The molecule has 2 heterocycles. The number of aromatic nitrogens is 3. The van der Waals surface area contributed by atoms with Crippen LogP contribution in [0.2, 0.25) is 0 Å². The van der Waals surface area contributed by atoms with Crippen LogP contribution in [0.15, 0.2) is 30.1 Å². The molecule has 0 spiro atoms. The molecule has 9 heteroatoms. The van der Waals surface area contributed by atoms with Gasteiger partial charge in [-0.2, -0.15) is 5.26 Å². The van der Waals surface area contributed by atoms with Gasteiger partial charge in [0, 0.05) is 18.7 Å². The minimum absolute atomic E-state index is 0.0964. The molecule has 0 saturated heterocycles. The van der Waals surface area contributed by atoms with E-state index in [1.54, 1.807) is 25.4 Å². The summed E-state index contributed by atoms with van der Waals surface area (Å²) in [5, 5.41) is 14.2. The van der Waals surface area contributed by atoms with E-state index in [0.29, 0.717) is 28.8 Å². The van der Waals surface area contributed by atoms with Gasteiger partial charge < -0.3 is 20.8 Å². The number of nitrogens with zero attached hydrogens (tertiary/aromatic N) is 5. The normalized spacial score (nSPS) is 15.4. The van der Waals surface area contributed by atoms with Crippen molar-refractivity contribution < 1.29 is 4.74 Å². The van der Waals surface area contributed by atoms with Gasteiger partial charge in [0.2, 0.25) is 5.95 Å². The minimum atomic E-state index is -0.0964. The summed E-state index contributed by atoms with van der Waals surface area (Å²) >= 11 is 0. The second-order valence-corrected chi connectivity index (χ2v) is 9.37. The molecule has 1 fully saturated rings. The lowest BCUT2D eigenvalue weighted by molar-refractivity contribution is 0.154. The molecule has 0 atom stereocenters. The Hall–Kier alpha value is -3.38. The molecule has 5 N–H and O–H groups in total. The van der Waals surface area contributed by atoms with Crippen molar-refractivity contribution in [1.82, 2.24) is 20.0 Å². The number of anilines is 1. The molecule has 9 nitrogen and oxygen atoms in total. The predicted molar refractivity (Wildman–Crippen MR) is 129 cm³/mol. The number of likely N-dealkylation sites (N-methyl/N-ethyl adjacent to an activating group) is 1. The third-order valence-electron chi connectivity index (χ3n) is 5.66. The molecule has 0 bridgehead atoms.